The monoisotopic (exact) mass is 434 g/mol. The zero-order valence-electron chi connectivity index (χ0n) is 12.6. The Morgan fingerprint density at radius 1 is 1.41 bits per heavy atom. The summed E-state index contributed by atoms with van der Waals surface area (Å²) in [5.74, 6) is 3.62. The van der Waals surface area contributed by atoms with E-state index in [1.165, 1.54) is 6.42 Å². The van der Waals surface area contributed by atoms with Crippen LogP contribution >= 0.6 is 35.7 Å². The van der Waals surface area contributed by atoms with Crippen molar-refractivity contribution in [1.82, 2.24) is 9.88 Å². The van der Waals surface area contributed by atoms with E-state index in [1.807, 2.05) is 23.9 Å². The molecule has 2 N–H and O–H groups in total. The summed E-state index contributed by atoms with van der Waals surface area (Å²) in [4.78, 5) is 10.9. The van der Waals surface area contributed by atoms with Crippen LogP contribution in [0.15, 0.2) is 23.3 Å². The summed E-state index contributed by atoms with van der Waals surface area (Å²) in [5, 5.41) is 0. The van der Waals surface area contributed by atoms with Crippen molar-refractivity contribution in [3.05, 3.63) is 23.9 Å². The second-order valence-corrected chi connectivity index (χ2v) is 6.67. The molecule has 2 aliphatic rings. The number of pyridine rings is 1. The molecule has 1 aromatic heterocycles. The van der Waals surface area contributed by atoms with Gasteiger partial charge in [0.05, 0.1) is 6.54 Å². The predicted octanol–water partition coefficient (Wildman–Crippen LogP) is 2.49. The van der Waals surface area contributed by atoms with Crippen LogP contribution in [0.4, 0.5) is 0 Å². The van der Waals surface area contributed by atoms with E-state index in [-0.39, 0.29) is 24.0 Å². The van der Waals surface area contributed by atoms with Gasteiger partial charge in [-0.3, -0.25) is 0 Å². The Bertz CT molecular complexity index is 504. The first kappa shape index (κ1) is 17.7. The van der Waals surface area contributed by atoms with Crippen molar-refractivity contribution in [2.24, 2.45) is 10.7 Å². The van der Waals surface area contributed by atoms with E-state index in [9.17, 15) is 0 Å². The maximum absolute atomic E-state index is 6.07. The number of aliphatic imine (C=N–C) groups is 1. The van der Waals surface area contributed by atoms with Crippen LogP contribution in [-0.2, 0) is 6.54 Å². The van der Waals surface area contributed by atoms with Gasteiger partial charge in [-0.05, 0) is 30.9 Å². The third kappa shape index (κ3) is 4.91. The van der Waals surface area contributed by atoms with Crippen LogP contribution in [0, 0.1) is 0 Å². The lowest BCUT2D eigenvalue weighted by molar-refractivity contribution is 0.114. The number of aromatic nitrogens is 1. The number of nitrogens with two attached hydrogens (primary N) is 1. The predicted molar refractivity (Wildman–Crippen MR) is 102 cm³/mol. The summed E-state index contributed by atoms with van der Waals surface area (Å²) in [7, 11) is 0. The summed E-state index contributed by atoms with van der Waals surface area (Å²) < 4.78 is 5.81. The maximum Gasteiger partial charge on any atom is 0.213 e. The van der Waals surface area contributed by atoms with Gasteiger partial charge in [-0.1, -0.05) is 0 Å². The molecule has 1 aliphatic carbocycles. The fourth-order valence-corrected chi connectivity index (χ4v) is 3.24. The highest BCUT2D eigenvalue weighted by atomic mass is 127. The van der Waals surface area contributed by atoms with Gasteiger partial charge in [-0.15, -0.1) is 24.0 Å². The zero-order chi connectivity index (χ0) is 14.5. The van der Waals surface area contributed by atoms with Crippen LogP contribution in [-0.4, -0.2) is 46.5 Å². The highest BCUT2D eigenvalue weighted by molar-refractivity contribution is 14.0. The SMILES string of the molecule is I.NC(=NCc1ccnc(OC2CCC2)c1)N1CCSCC1. The summed E-state index contributed by atoms with van der Waals surface area (Å²) in [6.45, 7) is 2.57. The minimum Gasteiger partial charge on any atom is -0.474 e. The van der Waals surface area contributed by atoms with Crippen LogP contribution in [0.5, 0.6) is 5.88 Å². The number of rotatable bonds is 4. The molecular weight excluding hydrogens is 411 g/mol. The number of thioether (sulfide) groups is 1. The molecule has 22 heavy (non-hydrogen) atoms. The Balaban J connectivity index is 0.00000176. The minimum atomic E-state index is 0. The Kier molecular flexibility index (Phi) is 7.07. The lowest BCUT2D eigenvalue weighted by atomic mass is 9.96. The molecule has 7 heteroatoms. The second-order valence-electron chi connectivity index (χ2n) is 5.45. The fourth-order valence-electron chi connectivity index (χ4n) is 2.34. The van der Waals surface area contributed by atoms with Gasteiger partial charge >= 0.3 is 0 Å². The third-order valence-corrected chi connectivity index (χ3v) is 4.84. The van der Waals surface area contributed by atoms with Crippen LogP contribution in [0.25, 0.3) is 0 Å². The quantitative estimate of drug-likeness (QED) is 0.448. The average molecular weight is 434 g/mol. The number of hydrogen-bond donors (Lipinski definition) is 1. The maximum atomic E-state index is 6.07. The number of ether oxygens (including phenoxy) is 1. The van der Waals surface area contributed by atoms with Crippen molar-refractivity contribution in [2.45, 2.75) is 31.9 Å². The largest absolute Gasteiger partial charge is 0.474 e. The van der Waals surface area contributed by atoms with Crippen LogP contribution in [0.1, 0.15) is 24.8 Å². The van der Waals surface area contributed by atoms with E-state index in [0.29, 0.717) is 24.5 Å². The number of guanidine groups is 1. The molecule has 1 aliphatic heterocycles. The molecule has 0 radical (unpaired) electrons. The molecular formula is C15H23IN4OS. The molecule has 5 nitrogen and oxygen atoms in total. The highest BCUT2D eigenvalue weighted by Crippen LogP contribution is 2.24. The van der Waals surface area contributed by atoms with Crippen LogP contribution < -0.4 is 10.5 Å². The molecule has 0 unspecified atom stereocenters. The van der Waals surface area contributed by atoms with E-state index in [0.717, 1.165) is 43.0 Å². The van der Waals surface area contributed by atoms with Gasteiger partial charge in [0.1, 0.15) is 6.10 Å². The van der Waals surface area contributed by atoms with E-state index in [2.05, 4.69) is 14.9 Å². The Labute approximate surface area is 153 Å². The normalized spacial score (nSPS) is 19.3. The summed E-state index contributed by atoms with van der Waals surface area (Å²) in [6, 6.07) is 3.94. The number of hydrogen-bond acceptors (Lipinski definition) is 4. The molecule has 0 spiro atoms. The van der Waals surface area contributed by atoms with Gasteiger partial charge in [-0.2, -0.15) is 11.8 Å². The first-order valence-electron chi connectivity index (χ1n) is 7.55. The Hall–Kier alpha value is -0.700. The van der Waals surface area contributed by atoms with Gasteiger partial charge in [0.2, 0.25) is 5.88 Å². The van der Waals surface area contributed by atoms with E-state index in [4.69, 9.17) is 10.5 Å². The third-order valence-electron chi connectivity index (χ3n) is 3.90. The lowest BCUT2D eigenvalue weighted by Crippen LogP contribution is -2.42. The van der Waals surface area contributed by atoms with E-state index < -0.39 is 0 Å². The molecule has 3 rings (SSSR count). The van der Waals surface area contributed by atoms with Gasteiger partial charge in [0, 0.05) is 36.9 Å². The van der Waals surface area contributed by atoms with Crippen molar-refractivity contribution in [2.75, 3.05) is 24.6 Å². The van der Waals surface area contributed by atoms with Gasteiger partial charge in [-0.25, -0.2) is 9.98 Å². The van der Waals surface area contributed by atoms with Crippen molar-refractivity contribution >= 4 is 41.7 Å². The number of halogens is 1. The molecule has 1 saturated heterocycles. The standard InChI is InChI=1S/C15H22N4OS.HI/c16-15(19-6-8-21-9-7-19)18-11-12-4-5-17-14(10-12)20-13-2-1-3-13;/h4-5,10,13H,1-3,6-9,11H2,(H2,16,18);1H. The fraction of sp³-hybridized carbons (Fsp3) is 0.600. The average Bonchev–Trinajstić information content (AvgIpc) is 2.50. The summed E-state index contributed by atoms with van der Waals surface area (Å²) >= 11 is 1.97. The molecule has 0 aromatic carbocycles. The van der Waals surface area contributed by atoms with Gasteiger partial charge in [0.25, 0.3) is 0 Å². The van der Waals surface area contributed by atoms with E-state index in [1.54, 1.807) is 6.20 Å². The molecule has 1 saturated carbocycles. The zero-order valence-corrected chi connectivity index (χ0v) is 15.8. The van der Waals surface area contributed by atoms with Crippen LogP contribution in [0.3, 0.4) is 0 Å². The van der Waals surface area contributed by atoms with Crippen molar-refractivity contribution in [3.8, 4) is 5.88 Å². The second kappa shape index (κ2) is 8.81. The van der Waals surface area contributed by atoms with Gasteiger partial charge < -0.3 is 15.4 Å². The van der Waals surface area contributed by atoms with Gasteiger partial charge in [0.15, 0.2) is 5.96 Å². The topological polar surface area (TPSA) is 63.7 Å². The minimum absolute atomic E-state index is 0. The number of nitrogens with zero attached hydrogens (tertiary/aromatic N) is 3. The first-order chi connectivity index (χ1) is 10.3. The molecule has 0 amide bonds. The molecule has 2 fully saturated rings. The summed E-state index contributed by atoms with van der Waals surface area (Å²) in [6.07, 6.45) is 5.69. The molecule has 0 bridgehead atoms. The molecule has 2 heterocycles. The van der Waals surface area contributed by atoms with Crippen molar-refractivity contribution in [3.63, 3.8) is 0 Å². The molecule has 0 atom stereocenters. The molecule has 1 aromatic rings. The Morgan fingerprint density at radius 3 is 2.86 bits per heavy atom. The van der Waals surface area contributed by atoms with Crippen molar-refractivity contribution in [1.29, 1.82) is 0 Å². The van der Waals surface area contributed by atoms with E-state index >= 15 is 0 Å². The van der Waals surface area contributed by atoms with Crippen LogP contribution in [0.2, 0.25) is 0 Å². The first-order valence-corrected chi connectivity index (χ1v) is 8.71. The summed E-state index contributed by atoms with van der Waals surface area (Å²) in [5.41, 5.74) is 7.16. The highest BCUT2D eigenvalue weighted by Gasteiger charge is 2.19. The molecule has 122 valence electrons. The van der Waals surface area contributed by atoms with Crippen molar-refractivity contribution < 1.29 is 4.74 Å². The lowest BCUT2D eigenvalue weighted by Gasteiger charge is -2.27. The Morgan fingerprint density at radius 2 is 2.18 bits per heavy atom. The smallest absolute Gasteiger partial charge is 0.213 e.